The number of amides is 1. The van der Waals surface area contributed by atoms with Crippen LogP contribution in [-0.2, 0) is 4.79 Å². The third-order valence-electron chi connectivity index (χ3n) is 4.75. The molecule has 4 heteroatoms. The number of benzene rings is 2. The van der Waals surface area contributed by atoms with E-state index in [1.165, 1.54) is 11.1 Å². The van der Waals surface area contributed by atoms with Crippen molar-refractivity contribution in [3.8, 4) is 5.75 Å². The molecule has 0 fully saturated rings. The molecule has 0 bridgehead atoms. The normalized spacial score (nSPS) is 13.2. The van der Waals surface area contributed by atoms with Gasteiger partial charge >= 0.3 is 0 Å². The van der Waals surface area contributed by atoms with Gasteiger partial charge in [0.25, 0.3) is 5.91 Å². The first-order chi connectivity index (χ1) is 12.2. The molecule has 26 heavy (non-hydrogen) atoms. The summed E-state index contributed by atoms with van der Waals surface area (Å²) in [5.74, 6) is 0.534. The summed E-state index contributed by atoms with van der Waals surface area (Å²) in [6.07, 6.45) is 0.232. The molecule has 140 valence electrons. The minimum Gasteiger partial charge on any atom is -0.481 e. The molecule has 0 heterocycles. The Balaban J connectivity index is 2.08. The van der Waals surface area contributed by atoms with Crippen LogP contribution >= 0.6 is 11.6 Å². The van der Waals surface area contributed by atoms with E-state index in [4.69, 9.17) is 16.3 Å². The summed E-state index contributed by atoms with van der Waals surface area (Å²) in [4.78, 5) is 12.6. The van der Waals surface area contributed by atoms with Crippen molar-refractivity contribution >= 4 is 17.5 Å². The van der Waals surface area contributed by atoms with Gasteiger partial charge in [0.05, 0.1) is 6.04 Å². The third-order valence-corrected chi connectivity index (χ3v) is 5.35. The molecule has 2 aromatic carbocycles. The third kappa shape index (κ3) is 4.79. The fourth-order valence-corrected chi connectivity index (χ4v) is 3.03. The zero-order valence-corrected chi connectivity index (χ0v) is 17.2. The second-order valence-electron chi connectivity index (χ2n) is 6.94. The molecular weight excluding hydrogens is 346 g/mol. The number of aryl methyl sites for hydroxylation is 4. The molecule has 1 amide bonds. The van der Waals surface area contributed by atoms with Crippen molar-refractivity contribution in [3.63, 3.8) is 0 Å². The largest absolute Gasteiger partial charge is 0.481 e. The predicted molar refractivity (Wildman–Crippen MR) is 108 cm³/mol. The van der Waals surface area contributed by atoms with Crippen molar-refractivity contribution in [2.24, 2.45) is 0 Å². The van der Waals surface area contributed by atoms with Crippen molar-refractivity contribution in [3.05, 3.63) is 63.2 Å². The van der Waals surface area contributed by atoms with E-state index < -0.39 is 6.10 Å². The minimum atomic E-state index is -0.587. The van der Waals surface area contributed by atoms with E-state index in [0.717, 1.165) is 28.1 Å². The molecule has 0 aliphatic heterocycles. The first-order valence-electron chi connectivity index (χ1n) is 9.03. The maximum Gasteiger partial charge on any atom is 0.261 e. The highest BCUT2D eigenvalue weighted by molar-refractivity contribution is 6.32. The molecule has 1 N–H and O–H groups in total. The molecule has 2 atom stereocenters. The van der Waals surface area contributed by atoms with E-state index in [9.17, 15) is 4.79 Å². The smallest absolute Gasteiger partial charge is 0.261 e. The first-order valence-corrected chi connectivity index (χ1v) is 9.41. The van der Waals surface area contributed by atoms with Crippen LogP contribution in [0.2, 0.25) is 5.02 Å². The number of nitrogens with one attached hydrogen (secondary N) is 1. The minimum absolute atomic E-state index is 0.0264. The van der Waals surface area contributed by atoms with Gasteiger partial charge in [-0.1, -0.05) is 36.7 Å². The summed E-state index contributed by atoms with van der Waals surface area (Å²) >= 11 is 6.19. The molecule has 0 saturated heterocycles. The number of hydrogen-bond donors (Lipinski definition) is 1. The van der Waals surface area contributed by atoms with Crippen LogP contribution in [-0.4, -0.2) is 12.0 Å². The molecule has 0 radical (unpaired) electrons. The van der Waals surface area contributed by atoms with Crippen LogP contribution < -0.4 is 10.1 Å². The van der Waals surface area contributed by atoms with Crippen molar-refractivity contribution in [1.29, 1.82) is 0 Å². The fraction of sp³-hybridized carbons (Fsp3) is 0.409. The second kappa shape index (κ2) is 8.59. The molecule has 0 saturated carbocycles. The number of carbonyl (C=O) groups excluding carboxylic acids is 1. The Labute approximate surface area is 161 Å². The van der Waals surface area contributed by atoms with Gasteiger partial charge in [-0.25, -0.2) is 0 Å². The Morgan fingerprint density at radius 3 is 2.19 bits per heavy atom. The van der Waals surface area contributed by atoms with E-state index in [0.29, 0.717) is 5.75 Å². The van der Waals surface area contributed by atoms with E-state index >= 15 is 0 Å². The number of hydrogen-bond acceptors (Lipinski definition) is 2. The zero-order valence-electron chi connectivity index (χ0n) is 16.4. The van der Waals surface area contributed by atoms with E-state index in [2.05, 4.69) is 44.3 Å². The monoisotopic (exact) mass is 373 g/mol. The SMILES string of the molecule is CC[C@H](NC(=O)[C@@H](C)Oc1cc(C)c(Cl)c(C)c1)c1ccc(C)c(C)c1. The Hall–Kier alpha value is -2.00. The lowest BCUT2D eigenvalue weighted by atomic mass is 9.99. The lowest BCUT2D eigenvalue weighted by Gasteiger charge is -2.22. The topological polar surface area (TPSA) is 38.3 Å². The molecule has 0 aliphatic carbocycles. The fourth-order valence-electron chi connectivity index (χ4n) is 2.92. The average molecular weight is 374 g/mol. The number of ether oxygens (including phenoxy) is 1. The molecule has 3 nitrogen and oxygen atoms in total. The summed E-state index contributed by atoms with van der Waals surface area (Å²) in [5, 5.41) is 3.83. The predicted octanol–water partition coefficient (Wildman–Crippen LogP) is 5.61. The second-order valence-corrected chi connectivity index (χ2v) is 7.32. The zero-order chi connectivity index (χ0) is 19.4. The molecular formula is C22H28ClNO2. The van der Waals surface area contributed by atoms with Crippen LogP contribution in [0, 0.1) is 27.7 Å². The van der Waals surface area contributed by atoms with Gasteiger partial charge in [-0.15, -0.1) is 0 Å². The van der Waals surface area contributed by atoms with E-state index in [1.807, 2.05) is 26.0 Å². The highest BCUT2D eigenvalue weighted by Crippen LogP contribution is 2.27. The number of halogens is 1. The summed E-state index contributed by atoms with van der Waals surface area (Å²) < 4.78 is 5.85. The Morgan fingerprint density at radius 2 is 1.65 bits per heavy atom. The Bertz CT molecular complexity index is 778. The van der Waals surface area contributed by atoms with Crippen LogP contribution in [0.1, 0.15) is 54.1 Å². The van der Waals surface area contributed by atoms with Crippen molar-refractivity contribution in [2.75, 3.05) is 0 Å². The summed E-state index contributed by atoms with van der Waals surface area (Å²) in [6.45, 7) is 11.9. The molecule has 2 aromatic rings. The van der Waals surface area contributed by atoms with Gasteiger partial charge in [0.2, 0.25) is 0 Å². The maximum atomic E-state index is 12.6. The van der Waals surface area contributed by atoms with Crippen LogP contribution in [0.25, 0.3) is 0 Å². The van der Waals surface area contributed by atoms with Gasteiger partial charge in [-0.2, -0.15) is 0 Å². The van der Waals surface area contributed by atoms with Gasteiger partial charge in [0, 0.05) is 5.02 Å². The summed E-state index contributed by atoms with van der Waals surface area (Å²) in [7, 11) is 0. The van der Waals surface area contributed by atoms with Crippen molar-refractivity contribution in [1.82, 2.24) is 5.32 Å². The maximum absolute atomic E-state index is 12.6. The molecule has 0 aliphatic rings. The van der Waals surface area contributed by atoms with Crippen LogP contribution in [0.5, 0.6) is 5.75 Å². The summed E-state index contributed by atoms with van der Waals surface area (Å²) in [6, 6.07) is 10.0. The Kier molecular flexibility index (Phi) is 6.71. The highest BCUT2D eigenvalue weighted by atomic mass is 35.5. The van der Waals surface area contributed by atoms with Crippen molar-refractivity contribution in [2.45, 2.75) is 60.1 Å². The molecule has 2 rings (SSSR count). The van der Waals surface area contributed by atoms with E-state index in [-0.39, 0.29) is 11.9 Å². The van der Waals surface area contributed by atoms with Gasteiger partial charge in [0.1, 0.15) is 5.75 Å². The van der Waals surface area contributed by atoms with Gasteiger partial charge < -0.3 is 10.1 Å². The lowest BCUT2D eigenvalue weighted by Crippen LogP contribution is -2.38. The number of rotatable bonds is 6. The Morgan fingerprint density at radius 1 is 1.04 bits per heavy atom. The lowest BCUT2D eigenvalue weighted by molar-refractivity contribution is -0.128. The highest BCUT2D eigenvalue weighted by Gasteiger charge is 2.20. The van der Waals surface area contributed by atoms with Crippen LogP contribution in [0.15, 0.2) is 30.3 Å². The molecule has 0 unspecified atom stereocenters. The van der Waals surface area contributed by atoms with Gasteiger partial charge in [-0.3, -0.25) is 4.79 Å². The average Bonchev–Trinajstić information content (AvgIpc) is 2.59. The quantitative estimate of drug-likeness (QED) is 0.714. The summed E-state index contributed by atoms with van der Waals surface area (Å²) in [5.41, 5.74) is 5.48. The standard InChI is InChI=1S/C22H28ClNO2/c1-7-20(18-9-8-13(2)14(3)10-18)24-22(25)17(6)26-19-11-15(4)21(23)16(5)12-19/h8-12,17,20H,7H2,1-6H3,(H,24,25)/t17-,20+/m1/s1. The van der Waals surface area contributed by atoms with Crippen molar-refractivity contribution < 1.29 is 9.53 Å². The van der Waals surface area contributed by atoms with Gasteiger partial charge in [0.15, 0.2) is 6.10 Å². The molecule has 0 spiro atoms. The molecule has 0 aromatic heterocycles. The van der Waals surface area contributed by atoms with Crippen LogP contribution in [0.4, 0.5) is 0 Å². The van der Waals surface area contributed by atoms with E-state index in [1.54, 1.807) is 6.92 Å². The first kappa shape index (κ1) is 20.3. The van der Waals surface area contributed by atoms with Crippen LogP contribution in [0.3, 0.4) is 0 Å². The van der Waals surface area contributed by atoms with Gasteiger partial charge in [-0.05, 0) is 81.0 Å². The number of carbonyl (C=O) groups is 1.